The van der Waals surface area contributed by atoms with Gasteiger partial charge in [0.2, 0.25) is 0 Å². The summed E-state index contributed by atoms with van der Waals surface area (Å²) in [5, 5.41) is 1.20. The molecule has 0 saturated heterocycles. The molecule has 0 fully saturated rings. The molecule has 0 heterocycles. The van der Waals surface area contributed by atoms with Crippen molar-refractivity contribution >= 4 is 20.5 Å². The summed E-state index contributed by atoms with van der Waals surface area (Å²) in [4.78, 5) is 0.849. The van der Waals surface area contributed by atoms with Crippen LogP contribution in [0.15, 0.2) is 35.3 Å². The Kier molecular flexibility index (Phi) is 4.91. The van der Waals surface area contributed by atoms with Gasteiger partial charge < -0.3 is 0 Å². The Morgan fingerprint density at radius 1 is 1.43 bits per heavy atom. The van der Waals surface area contributed by atoms with Gasteiger partial charge >= 0.3 is 94.8 Å². The van der Waals surface area contributed by atoms with E-state index in [-0.39, 0.29) is 0 Å². The van der Waals surface area contributed by atoms with Gasteiger partial charge in [-0.3, -0.25) is 0 Å². The van der Waals surface area contributed by atoms with Gasteiger partial charge in [-0.1, -0.05) is 0 Å². The average Bonchev–Trinajstić information content (AvgIpc) is 2.29. The van der Waals surface area contributed by atoms with Crippen LogP contribution < -0.4 is 0 Å². The van der Waals surface area contributed by atoms with E-state index in [1.807, 2.05) is 18.2 Å². The van der Waals surface area contributed by atoms with Gasteiger partial charge in [-0.15, -0.1) is 0 Å². The molecule has 0 spiro atoms. The van der Waals surface area contributed by atoms with Gasteiger partial charge in [0, 0.05) is 0 Å². The molecule has 0 amide bonds. The minimum absolute atomic E-state index is 0.357. The Balaban J connectivity index is 2.64. The normalized spacial score (nSPS) is 13.4. The standard InChI is InChI=1S/C13H18Se/c1-3-4-10-14-11-12(2)13-8-6-5-7-9-13/h5-9,11H,3-4,10H2,1-2H3/b12-11-/i11D. The van der Waals surface area contributed by atoms with Crippen molar-refractivity contribution in [1.82, 2.24) is 0 Å². The predicted molar refractivity (Wildman–Crippen MR) is 65.6 cm³/mol. The Morgan fingerprint density at radius 3 is 2.79 bits per heavy atom. The fourth-order valence-electron chi connectivity index (χ4n) is 1.12. The van der Waals surface area contributed by atoms with Crippen LogP contribution in [-0.4, -0.2) is 15.0 Å². The monoisotopic (exact) mass is 255 g/mol. The summed E-state index contributed by atoms with van der Waals surface area (Å²) in [6.45, 7) is 4.26. The van der Waals surface area contributed by atoms with Crippen LogP contribution in [0.25, 0.3) is 5.57 Å². The molecule has 1 aromatic carbocycles. The van der Waals surface area contributed by atoms with Crippen molar-refractivity contribution in [3.8, 4) is 0 Å². The van der Waals surface area contributed by atoms with Gasteiger partial charge in [0.05, 0.1) is 0 Å². The van der Waals surface area contributed by atoms with Crippen LogP contribution in [-0.2, 0) is 0 Å². The van der Waals surface area contributed by atoms with E-state index in [1.165, 1.54) is 23.7 Å². The zero-order valence-corrected chi connectivity index (χ0v) is 10.6. The van der Waals surface area contributed by atoms with E-state index in [2.05, 4.69) is 26.0 Å². The number of hydrogen-bond acceptors (Lipinski definition) is 0. The topological polar surface area (TPSA) is 0 Å². The first kappa shape index (κ1) is 10.0. The van der Waals surface area contributed by atoms with Gasteiger partial charge in [0.25, 0.3) is 0 Å². The third kappa shape index (κ3) is 4.13. The van der Waals surface area contributed by atoms with Gasteiger partial charge in [-0.05, 0) is 0 Å². The minimum atomic E-state index is 0.357. The second-order valence-corrected chi connectivity index (χ2v) is 5.19. The van der Waals surface area contributed by atoms with E-state index in [9.17, 15) is 0 Å². The molecule has 0 aliphatic heterocycles. The second-order valence-electron chi connectivity index (χ2n) is 3.30. The Bertz CT molecular complexity index is 317. The molecule has 1 rings (SSSR count). The summed E-state index contributed by atoms with van der Waals surface area (Å²) in [5.41, 5.74) is 2.34. The summed E-state index contributed by atoms with van der Waals surface area (Å²) in [6, 6.07) is 10.2. The van der Waals surface area contributed by atoms with E-state index in [4.69, 9.17) is 1.37 Å². The molecule has 0 aromatic heterocycles. The van der Waals surface area contributed by atoms with Crippen molar-refractivity contribution in [3.63, 3.8) is 0 Å². The molecule has 0 bridgehead atoms. The summed E-state index contributed by atoms with van der Waals surface area (Å²) in [5.74, 6) is 0. The Labute approximate surface area is 95.0 Å². The number of allylic oxidation sites excluding steroid dienone is 1. The molecule has 0 N–H and O–H groups in total. The quantitative estimate of drug-likeness (QED) is 0.551. The fraction of sp³-hybridized carbons (Fsp3) is 0.385. The van der Waals surface area contributed by atoms with Gasteiger partial charge in [-0.25, -0.2) is 0 Å². The zero-order valence-electron chi connectivity index (χ0n) is 9.92. The first-order chi connectivity index (χ1) is 7.25. The molecule has 0 aliphatic rings. The first-order valence-corrected chi connectivity index (χ1v) is 7.18. The van der Waals surface area contributed by atoms with E-state index in [0.717, 1.165) is 10.5 Å². The Hall–Kier alpha value is -0.521. The van der Waals surface area contributed by atoms with Crippen molar-refractivity contribution in [1.29, 1.82) is 0 Å². The SMILES string of the molecule is [2H]/C([Se]CCCC)=C(\C)c1ccccc1. The molecule has 0 saturated carbocycles. The van der Waals surface area contributed by atoms with Crippen molar-refractivity contribution in [2.75, 3.05) is 0 Å². The molecule has 14 heavy (non-hydrogen) atoms. The first-order valence-electron chi connectivity index (χ1n) is 5.61. The molecular weight excluding hydrogens is 235 g/mol. The van der Waals surface area contributed by atoms with E-state index < -0.39 is 0 Å². The molecule has 0 atom stereocenters. The molecule has 0 aliphatic carbocycles. The number of rotatable bonds is 5. The molecular formula is C13H18Se. The van der Waals surface area contributed by atoms with E-state index >= 15 is 0 Å². The van der Waals surface area contributed by atoms with E-state index in [0.29, 0.717) is 15.0 Å². The molecule has 1 aromatic rings. The van der Waals surface area contributed by atoms with Crippen LogP contribution in [0.2, 0.25) is 5.32 Å². The van der Waals surface area contributed by atoms with Crippen LogP contribution in [0.3, 0.4) is 0 Å². The molecule has 76 valence electrons. The van der Waals surface area contributed by atoms with Crippen molar-refractivity contribution < 1.29 is 1.37 Å². The van der Waals surface area contributed by atoms with Crippen molar-refractivity contribution in [2.24, 2.45) is 0 Å². The summed E-state index contributed by atoms with van der Waals surface area (Å²) in [7, 11) is 0. The molecule has 0 nitrogen and oxygen atoms in total. The van der Waals surface area contributed by atoms with E-state index in [1.54, 1.807) is 0 Å². The van der Waals surface area contributed by atoms with Gasteiger partial charge in [0.15, 0.2) is 0 Å². The number of hydrogen-bond donors (Lipinski definition) is 0. The predicted octanol–water partition coefficient (Wildman–Crippen LogP) is 3.97. The maximum absolute atomic E-state index is 8.00. The van der Waals surface area contributed by atoms with Crippen molar-refractivity contribution in [2.45, 2.75) is 32.0 Å². The third-order valence-corrected chi connectivity index (χ3v) is 4.01. The van der Waals surface area contributed by atoms with Crippen LogP contribution >= 0.6 is 0 Å². The summed E-state index contributed by atoms with van der Waals surface area (Å²) in [6.07, 6.45) is 2.49. The maximum atomic E-state index is 8.00. The molecule has 0 unspecified atom stereocenters. The zero-order chi connectivity index (χ0) is 11.1. The third-order valence-electron chi connectivity index (χ3n) is 2.03. The number of benzene rings is 1. The molecule has 0 radical (unpaired) electrons. The second kappa shape index (κ2) is 6.86. The van der Waals surface area contributed by atoms with Gasteiger partial charge in [0.1, 0.15) is 0 Å². The van der Waals surface area contributed by atoms with Crippen LogP contribution in [0.1, 0.15) is 33.6 Å². The average molecular weight is 254 g/mol. The summed E-state index contributed by atoms with van der Waals surface area (Å²) >= 11 is 0.357. The van der Waals surface area contributed by atoms with Crippen molar-refractivity contribution in [3.05, 3.63) is 40.8 Å². The van der Waals surface area contributed by atoms with Crippen LogP contribution in [0, 0.1) is 0 Å². The number of unbranched alkanes of at least 4 members (excludes halogenated alkanes) is 1. The molecule has 1 heteroatoms. The Morgan fingerprint density at radius 2 is 2.14 bits per heavy atom. The van der Waals surface area contributed by atoms with Crippen LogP contribution in [0.4, 0.5) is 0 Å². The van der Waals surface area contributed by atoms with Gasteiger partial charge in [-0.2, -0.15) is 0 Å². The van der Waals surface area contributed by atoms with Crippen LogP contribution in [0.5, 0.6) is 0 Å². The fourth-order valence-corrected chi connectivity index (χ4v) is 2.95. The summed E-state index contributed by atoms with van der Waals surface area (Å²) < 4.78 is 8.00.